The number of ether oxygens (including phenoxy) is 2. The van der Waals surface area contributed by atoms with E-state index in [4.69, 9.17) is 9.47 Å². The SMILES string of the molecule is CC(=O)c1cnc2c(c1)OC(C)(C)CO2. The van der Waals surface area contributed by atoms with E-state index in [0.717, 1.165) is 0 Å². The molecule has 4 heteroatoms. The Morgan fingerprint density at radius 3 is 2.93 bits per heavy atom. The minimum absolute atomic E-state index is 0.0303. The van der Waals surface area contributed by atoms with Crippen LogP contribution in [0.15, 0.2) is 12.3 Å². The largest absolute Gasteiger partial charge is 0.479 e. The molecule has 2 heterocycles. The maximum absolute atomic E-state index is 11.2. The van der Waals surface area contributed by atoms with Gasteiger partial charge >= 0.3 is 0 Å². The van der Waals surface area contributed by atoms with Crippen LogP contribution in [0.25, 0.3) is 0 Å². The third-order valence-corrected chi connectivity index (χ3v) is 2.17. The van der Waals surface area contributed by atoms with E-state index in [1.165, 1.54) is 13.1 Å². The molecule has 0 aliphatic carbocycles. The Balaban J connectivity index is 2.39. The Bertz CT molecular complexity index is 412. The Labute approximate surface area is 88.2 Å². The van der Waals surface area contributed by atoms with Gasteiger partial charge in [-0.2, -0.15) is 0 Å². The number of ketones is 1. The number of hydrogen-bond donors (Lipinski definition) is 0. The average molecular weight is 207 g/mol. The van der Waals surface area contributed by atoms with Crippen molar-refractivity contribution in [1.82, 2.24) is 4.98 Å². The smallest absolute Gasteiger partial charge is 0.257 e. The second kappa shape index (κ2) is 3.22. The van der Waals surface area contributed by atoms with Gasteiger partial charge in [0.2, 0.25) is 0 Å². The van der Waals surface area contributed by atoms with Crippen molar-refractivity contribution in [3.8, 4) is 11.6 Å². The highest BCUT2D eigenvalue weighted by atomic mass is 16.6. The number of carbonyl (C=O) groups excluding carboxylic acids is 1. The summed E-state index contributed by atoms with van der Waals surface area (Å²) in [6.07, 6.45) is 1.50. The number of nitrogens with zero attached hydrogens (tertiary/aromatic N) is 1. The van der Waals surface area contributed by atoms with E-state index in [-0.39, 0.29) is 11.4 Å². The summed E-state index contributed by atoms with van der Waals surface area (Å²) in [4.78, 5) is 15.2. The molecule has 80 valence electrons. The van der Waals surface area contributed by atoms with Crippen molar-refractivity contribution in [2.75, 3.05) is 6.61 Å². The molecular formula is C11H13NO3. The van der Waals surface area contributed by atoms with Gasteiger partial charge in [0.1, 0.15) is 12.2 Å². The minimum Gasteiger partial charge on any atom is -0.479 e. The second-order valence-electron chi connectivity index (χ2n) is 4.23. The minimum atomic E-state index is -0.371. The van der Waals surface area contributed by atoms with Crippen LogP contribution in [-0.2, 0) is 0 Å². The van der Waals surface area contributed by atoms with E-state index in [1.54, 1.807) is 6.07 Å². The van der Waals surface area contributed by atoms with Crippen molar-refractivity contribution in [3.05, 3.63) is 17.8 Å². The van der Waals surface area contributed by atoms with Crippen molar-refractivity contribution >= 4 is 5.78 Å². The summed E-state index contributed by atoms with van der Waals surface area (Å²) >= 11 is 0. The van der Waals surface area contributed by atoms with Gasteiger partial charge in [-0.3, -0.25) is 4.79 Å². The molecule has 0 saturated heterocycles. The molecule has 1 aliphatic rings. The highest BCUT2D eigenvalue weighted by molar-refractivity contribution is 5.94. The average Bonchev–Trinajstić information content (AvgIpc) is 2.15. The van der Waals surface area contributed by atoms with Crippen LogP contribution in [-0.4, -0.2) is 23.0 Å². The molecule has 4 nitrogen and oxygen atoms in total. The number of rotatable bonds is 1. The molecule has 0 aromatic carbocycles. The standard InChI is InChI=1S/C11H13NO3/c1-7(13)8-4-9-10(12-5-8)14-6-11(2,3)15-9/h4-5H,6H2,1-3H3. The number of carbonyl (C=O) groups is 1. The van der Waals surface area contributed by atoms with Crippen LogP contribution in [0.2, 0.25) is 0 Å². The first-order valence-corrected chi connectivity index (χ1v) is 4.81. The molecule has 0 bridgehead atoms. The van der Waals surface area contributed by atoms with E-state index < -0.39 is 0 Å². The Morgan fingerprint density at radius 1 is 1.53 bits per heavy atom. The fourth-order valence-corrected chi connectivity index (χ4v) is 1.38. The van der Waals surface area contributed by atoms with Crippen LogP contribution in [0.3, 0.4) is 0 Å². The Kier molecular flexibility index (Phi) is 2.14. The van der Waals surface area contributed by atoms with Crippen LogP contribution in [0.4, 0.5) is 0 Å². The van der Waals surface area contributed by atoms with Crippen molar-refractivity contribution in [2.45, 2.75) is 26.4 Å². The maximum atomic E-state index is 11.2. The topological polar surface area (TPSA) is 48.4 Å². The predicted molar refractivity (Wildman–Crippen MR) is 54.4 cm³/mol. The first-order valence-electron chi connectivity index (χ1n) is 4.81. The summed E-state index contributed by atoms with van der Waals surface area (Å²) in [5.74, 6) is 0.968. The van der Waals surface area contributed by atoms with Gasteiger partial charge in [-0.05, 0) is 26.8 Å². The van der Waals surface area contributed by atoms with Crippen LogP contribution < -0.4 is 9.47 Å². The maximum Gasteiger partial charge on any atom is 0.257 e. The van der Waals surface area contributed by atoms with E-state index in [2.05, 4.69) is 4.98 Å². The van der Waals surface area contributed by atoms with Gasteiger partial charge in [0, 0.05) is 11.8 Å². The zero-order chi connectivity index (χ0) is 11.1. The van der Waals surface area contributed by atoms with Gasteiger partial charge in [-0.25, -0.2) is 4.98 Å². The fraction of sp³-hybridized carbons (Fsp3) is 0.455. The molecule has 0 radical (unpaired) electrons. The zero-order valence-corrected chi connectivity index (χ0v) is 9.03. The summed E-state index contributed by atoms with van der Waals surface area (Å²) in [6, 6.07) is 1.67. The highest BCUT2D eigenvalue weighted by Gasteiger charge is 2.29. The van der Waals surface area contributed by atoms with Crippen LogP contribution >= 0.6 is 0 Å². The molecule has 0 N–H and O–H groups in total. The molecule has 15 heavy (non-hydrogen) atoms. The first kappa shape index (κ1) is 9.96. The summed E-state index contributed by atoms with van der Waals surface area (Å²) in [6.45, 7) is 5.82. The van der Waals surface area contributed by atoms with Crippen LogP contribution in [0, 0.1) is 0 Å². The molecule has 0 unspecified atom stereocenters. The summed E-state index contributed by atoms with van der Waals surface area (Å²) in [5.41, 5.74) is 0.166. The van der Waals surface area contributed by atoms with Gasteiger partial charge in [-0.15, -0.1) is 0 Å². The van der Waals surface area contributed by atoms with Crippen molar-refractivity contribution in [1.29, 1.82) is 0 Å². The number of fused-ring (bicyclic) bond motifs is 1. The fourth-order valence-electron chi connectivity index (χ4n) is 1.38. The van der Waals surface area contributed by atoms with Crippen molar-refractivity contribution in [3.63, 3.8) is 0 Å². The van der Waals surface area contributed by atoms with Gasteiger partial charge < -0.3 is 9.47 Å². The van der Waals surface area contributed by atoms with Crippen molar-refractivity contribution in [2.24, 2.45) is 0 Å². The molecule has 1 aromatic rings. The lowest BCUT2D eigenvalue weighted by atomic mass is 10.1. The lowest BCUT2D eigenvalue weighted by Crippen LogP contribution is -2.39. The third-order valence-electron chi connectivity index (χ3n) is 2.17. The van der Waals surface area contributed by atoms with Gasteiger partial charge in [-0.1, -0.05) is 0 Å². The number of pyridine rings is 1. The zero-order valence-electron chi connectivity index (χ0n) is 9.03. The van der Waals surface area contributed by atoms with E-state index >= 15 is 0 Å². The van der Waals surface area contributed by atoms with Crippen LogP contribution in [0.1, 0.15) is 31.1 Å². The van der Waals surface area contributed by atoms with E-state index in [9.17, 15) is 4.79 Å². The lowest BCUT2D eigenvalue weighted by molar-refractivity contribution is 0.0176. The highest BCUT2D eigenvalue weighted by Crippen LogP contribution is 2.33. The number of Topliss-reactive ketones (excluding diaryl/α,β-unsaturated/α-hetero) is 1. The molecule has 0 atom stereocenters. The molecule has 1 aliphatic heterocycles. The normalized spacial score (nSPS) is 17.3. The predicted octanol–water partition coefficient (Wildman–Crippen LogP) is 1.83. The molecule has 0 saturated carbocycles. The lowest BCUT2D eigenvalue weighted by Gasteiger charge is -2.31. The van der Waals surface area contributed by atoms with E-state index in [1.807, 2.05) is 13.8 Å². The van der Waals surface area contributed by atoms with Crippen molar-refractivity contribution < 1.29 is 14.3 Å². The van der Waals surface area contributed by atoms with E-state index in [0.29, 0.717) is 23.8 Å². The quantitative estimate of drug-likeness (QED) is 0.659. The summed E-state index contributed by atoms with van der Waals surface area (Å²) in [7, 11) is 0. The summed E-state index contributed by atoms with van der Waals surface area (Å²) < 4.78 is 11.1. The van der Waals surface area contributed by atoms with Gasteiger partial charge in [0.25, 0.3) is 5.88 Å². The molecule has 2 rings (SSSR count). The number of hydrogen-bond acceptors (Lipinski definition) is 4. The molecular weight excluding hydrogens is 194 g/mol. The van der Waals surface area contributed by atoms with Gasteiger partial charge in [0.15, 0.2) is 11.5 Å². The van der Waals surface area contributed by atoms with Crippen LogP contribution in [0.5, 0.6) is 11.6 Å². The molecule has 0 spiro atoms. The second-order valence-corrected chi connectivity index (χ2v) is 4.23. The molecule has 0 fully saturated rings. The third kappa shape index (κ3) is 1.93. The first-order chi connectivity index (χ1) is 6.98. The number of aromatic nitrogens is 1. The summed E-state index contributed by atoms with van der Waals surface area (Å²) in [5, 5.41) is 0. The molecule has 0 amide bonds. The Hall–Kier alpha value is -1.58. The molecule has 1 aromatic heterocycles. The monoisotopic (exact) mass is 207 g/mol. The van der Waals surface area contributed by atoms with Gasteiger partial charge in [0.05, 0.1) is 0 Å². The Morgan fingerprint density at radius 2 is 2.27 bits per heavy atom.